The molecule has 3 aliphatic rings. The van der Waals surface area contributed by atoms with Crippen molar-refractivity contribution < 1.29 is 8.42 Å². The van der Waals surface area contributed by atoms with Crippen LogP contribution in [0.15, 0.2) is 17.3 Å². The summed E-state index contributed by atoms with van der Waals surface area (Å²) in [6.07, 6.45) is 4.89. The van der Waals surface area contributed by atoms with Gasteiger partial charge in [-0.3, -0.25) is 5.10 Å². The molecule has 8 heteroatoms. The van der Waals surface area contributed by atoms with E-state index < -0.39 is 10.0 Å². The zero-order valence-electron chi connectivity index (χ0n) is 10.3. The van der Waals surface area contributed by atoms with Gasteiger partial charge in [0.05, 0.1) is 6.20 Å². The van der Waals surface area contributed by atoms with E-state index in [1.165, 1.54) is 12.4 Å². The number of fused-ring (bicyclic) bond motifs is 5. The highest BCUT2D eigenvalue weighted by Crippen LogP contribution is 2.49. The summed E-state index contributed by atoms with van der Waals surface area (Å²) < 4.78 is 27.0. The molecule has 0 amide bonds. The van der Waals surface area contributed by atoms with Crippen LogP contribution in [0.3, 0.4) is 0 Å². The lowest BCUT2D eigenvalue weighted by Gasteiger charge is -2.23. The molecule has 4 rings (SSSR count). The van der Waals surface area contributed by atoms with Gasteiger partial charge in [-0.15, -0.1) is 12.4 Å². The predicted octanol–water partition coefficient (Wildman–Crippen LogP) is 0.202. The van der Waals surface area contributed by atoms with E-state index in [0.717, 1.165) is 25.9 Å². The molecule has 0 aliphatic carbocycles. The van der Waals surface area contributed by atoms with Gasteiger partial charge < -0.3 is 5.32 Å². The van der Waals surface area contributed by atoms with Gasteiger partial charge in [-0.25, -0.2) is 8.42 Å². The van der Waals surface area contributed by atoms with Crippen LogP contribution in [-0.2, 0) is 10.0 Å². The lowest BCUT2D eigenvalue weighted by Crippen LogP contribution is -2.39. The van der Waals surface area contributed by atoms with Crippen LogP contribution in [-0.4, -0.2) is 48.1 Å². The van der Waals surface area contributed by atoms with Crippen molar-refractivity contribution in [3.05, 3.63) is 12.4 Å². The number of hydrogen-bond donors (Lipinski definition) is 2. The van der Waals surface area contributed by atoms with Crippen LogP contribution in [0.2, 0.25) is 0 Å². The zero-order valence-corrected chi connectivity index (χ0v) is 12.0. The molecule has 0 aromatic carbocycles. The standard InChI is InChI=1S/C11H16N4O2S.ClH/c16-18(17,7-3-13-14-4-7)15-10-1-2-11(15)9-6-12-5-8(9)10;/h3-4,8-12H,1-2,5-6H2,(H,13,14);1H/t8-,9+,10-,11+;. The highest BCUT2D eigenvalue weighted by atomic mass is 35.5. The van der Waals surface area contributed by atoms with Crippen LogP contribution in [0.1, 0.15) is 12.8 Å². The van der Waals surface area contributed by atoms with Crippen molar-refractivity contribution >= 4 is 22.4 Å². The summed E-state index contributed by atoms with van der Waals surface area (Å²) >= 11 is 0. The fourth-order valence-electron chi connectivity index (χ4n) is 4.07. The van der Waals surface area contributed by atoms with E-state index in [4.69, 9.17) is 0 Å². The van der Waals surface area contributed by atoms with Crippen LogP contribution in [0.5, 0.6) is 0 Å². The summed E-state index contributed by atoms with van der Waals surface area (Å²) in [7, 11) is -3.36. The van der Waals surface area contributed by atoms with E-state index in [1.807, 2.05) is 0 Å². The number of H-pyrrole nitrogens is 1. The van der Waals surface area contributed by atoms with Crippen molar-refractivity contribution in [1.29, 1.82) is 0 Å². The van der Waals surface area contributed by atoms with Gasteiger partial charge in [0.2, 0.25) is 10.0 Å². The summed E-state index contributed by atoms with van der Waals surface area (Å²) in [4.78, 5) is 0.298. The molecule has 19 heavy (non-hydrogen) atoms. The molecular formula is C11H17ClN4O2S. The first-order chi connectivity index (χ1) is 8.69. The second-order valence-corrected chi connectivity index (χ2v) is 7.31. The fraction of sp³-hybridized carbons (Fsp3) is 0.727. The first-order valence-electron chi connectivity index (χ1n) is 6.42. The Balaban J connectivity index is 0.00000110. The van der Waals surface area contributed by atoms with Crippen molar-refractivity contribution in [3.63, 3.8) is 0 Å². The van der Waals surface area contributed by atoms with Crippen LogP contribution < -0.4 is 5.32 Å². The lowest BCUT2D eigenvalue weighted by atomic mass is 9.82. The number of rotatable bonds is 2. The molecular weight excluding hydrogens is 288 g/mol. The van der Waals surface area contributed by atoms with Gasteiger partial charge >= 0.3 is 0 Å². The highest BCUT2D eigenvalue weighted by molar-refractivity contribution is 7.89. The van der Waals surface area contributed by atoms with Gasteiger partial charge in [-0.05, 0) is 37.8 Å². The van der Waals surface area contributed by atoms with Crippen molar-refractivity contribution in [3.8, 4) is 0 Å². The van der Waals surface area contributed by atoms with Gasteiger partial charge in [-0.1, -0.05) is 0 Å². The second-order valence-electron chi connectivity index (χ2n) is 5.47. The van der Waals surface area contributed by atoms with Crippen LogP contribution in [0.25, 0.3) is 0 Å². The summed E-state index contributed by atoms with van der Waals surface area (Å²) in [5, 5.41) is 9.74. The minimum atomic E-state index is -3.36. The Labute approximate surface area is 118 Å². The maximum atomic E-state index is 12.6. The second kappa shape index (κ2) is 4.44. The third kappa shape index (κ3) is 1.68. The Kier molecular flexibility index (Phi) is 3.12. The quantitative estimate of drug-likeness (QED) is 0.818. The molecule has 1 aromatic rings. The van der Waals surface area contributed by atoms with E-state index in [9.17, 15) is 8.42 Å². The minimum absolute atomic E-state index is 0. The van der Waals surface area contributed by atoms with Crippen LogP contribution in [0, 0.1) is 11.8 Å². The Morgan fingerprint density at radius 1 is 1.21 bits per heavy atom. The molecule has 3 saturated heterocycles. The fourth-order valence-corrected chi connectivity index (χ4v) is 5.94. The first-order valence-corrected chi connectivity index (χ1v) is 7.86. The Bertz CT molecular complexity index is 543. The molecule has 3 aliphatic heterocycles. The van der Waals surface area contributed by atoms with E-state index in [-0.39, 0.29) is 24.5 Å². The third-order valence-corrected chi connectivity index (χ3v) is 6.67. The van der Waals surface area contributed by atoms with Gasteiger partial charge in [0, 0.05) is 18.3 Å². The molecule has 4 atom stereocenters. The lowest BCUT2D eigenvalue weighted by molar-refractivity contribution is 0.354. The van der Waals surface area contributed by atoms with Crippen molar-refractivity contribution in [2.75, 3.05) is 13.1 Å². The number of sulfonamides is 1. The van der Waals surface area contributed by atoms with Crippen LogP contribution in [0.4, 0.5) is 0 Å². The van der Waals surface area contributed by atoms with Gasteiger partial charge in [0.1, 0.15) is 4.90 Å². The topological polar surface area (TPSA) is 78.1 Å². The average Bonchev–Trinajstić information content (AvgIpc) is 3.12. The smallest absolute Gasteiger partial charge is 0.246 e. The van der Waals surface area contributed by atoms with Gasteiger partial charge in [-0.2, -0.15) is 9.40 Å². The normalized spacial score (nSPS) is 37.3. The van der Waals surface area contributed by atoms with E-state index in [1.54, 1.807) is 4.31 Å². The third-order valence-electron chi connectivity index (χ3n) is 4.76. The van der Waals surface area contributed by atoms with Crippen molar-refractivity contribution in [1.82, 2.24) is 19.8 Å². The Morgan fingerprint density at radius 3 is 2.37 bits per heavy atom. The molecule has 1 aromatic heterocycles. The number of hydrogen-bond acceptors (Lipinski definition) is 4. The average molecular weight is 305 g/mol. The molecule has 6 nitrogen and oxygen atoms in total. The van der Waals surface area contributed by atoms with E-state index >= 15 is 0 Å². The Morgan fingerprint density at radius 2 is 1.84 bits per heavy atom. The maximum Gasteiger partial charge on any atom is 0.246 e. The number of nitrogens with zero attached hydrogens (tertiary/aromatic N) is 2. The molecule has 0 unspecified atom stereocenters. The minimum Gasteiger partial charge on any atom is -0.316 e. The number of halogens is 1. The molecule has 2 bridgehead atoms. The summed E-state index contributed by atoms with van der Waals surface area (Å²) in [5.41, 5.74) is 0. The number of aromatic amines is 1. The molecule has 4 heterocycles. The summed E-state index contributed by atoms with van der Waals surface area (Å²) in [5.74, 6) is 1.01. The highest BCUT2D eigenvalue weighted by Gasteiger charge is 2.58. The molecule has 106 valence electrons. The van der Waals surface area contributed by atoms with Crippen LogP contribution >= 0.6 is 12.4 Å². The van der Waals surface area contributed by atoms with E-state index in [2.05, 4.69) is 15.5 Å². The molecule has 2 N–H and O–H groups in total. The summed E-state index contributed by atoms with van der Waals surface area (Å²) in [6, 6.07) is 0.379. The summed E-state index contributed by atoms with van der Waals surface area (Å²) in [6.45, 7) is 1.92. The number of nitrogens with one attached hydrogen (secondary N) is 2. The van der Waals surface area contributed by atoms with Crippen molar-refractivity contribution in [2.45, 2.75) is 29.8 Å². The van der Waals surface area contributed by atoms with Gasteiger partial charge in [0.25, 0.3) is 0 Å². The Hall–Kier alpha value is -0.630. The molecule has 0 spiro atoms. The maximum absolute atomic E-state index is 12.6. The molecule has 0 saturated carbocycles. The van der Waals surface area contributed by atoms with Gasteiger partial charge in [0.15, 0.2) is 0 Å². The monoisotopic (exact) mass is 304 g/mol. The molecule has 3 fully saturated rings. The van der Waals surface area contributed by atoms with Crippen molar-refractivity contribution in [2.24, 2.45) is 11.8 Å². The first kappa shape index (κ1) is 13.4. The largest absolute Gasteiger partial charge is 0.316 e. The molecule has 0 radical (unpaired) electrons. The number of aromatic nitrogens is 2. The van der Waals surface area contributed by atoms with E-state index in [0.29, 0.717) is 16.7 Å². The SMILES string of the molecule is Cl.O=S(=O)(c1cn[nH]c1)N1[C@@H]2CC[C@H]1[C@H]1CNC[C@H]12. The predicted molar refractivity (Wildman–Crippen MR) is 71.5 cm³/mol. The zero-order chi connectivity index (χ0) is 12.3.